The Kier molecular flexibility index (Phi) is 4.39. The fourth-order valence-corrected chi connectivity index (χ4v) is 4.53. The van der Waals surface area contributed by atoms with E-state index in [2.05, 4.69) is 59.8 Å². The van der Waals surface area contributed by atoms with Crippen LogP contribution in [-0.2, 0) is 4.79 Å². The molecular formula is C19H22N4OS2. The van der Waals surface area contributed by atoms with Gasteiger partial charge in [0.05, 0.1) is 0 Å². The van der Waals surface area contributed by atoms with Gasteiger partial charge in [-0.1, -0.05) is 37.7 Å². The molecule has 1 aromatic carbocycles. The Morgan fingerprint density at radius 1 is 1.15 bits per heavy atom. The van der Waals surface area contributed by atoms with Crippen LogP contribution >= 0.6 is 23.5 Å². The van der Waals surface area contributed by atoms with Gasteiger partial charge in [-0.05, 0) is 42.0 Å². The molecule has 0 amide bonds. The van der Waals surface area contributed by atoms with E-state index < -0.39 is 0 Å². The van der Waals surface area contributed by atoms with Crippen molar-refractivity contribution in [2.45, 2.75) is 42.8 Å². The third-order valence-corrected chi connectivity index (χ3v) is 6.21. The van der Waals surface area contributed by atoms with Gasteiger partial charge in [0.15, 0.2) is 5.78 Å². The van der Waals surface area contributed by atoms with Crippen LogP contribution in [-0.4, -0.2) is 33.1 Å². The van der Waals surface area contributed by atoms with Gasteiger partial charge in [0.1, 0.15) is 6.04 Å². The Balaban J connectivity index is 1.87. The number of aromatic nitrogens is 3. The number of ketones is 1. The van der Waals surface area contributed by atoms with E-state index in [1.165, 1.54) is 16.7 Å². The predicted molar refractivity (Wildman–Crippen MR) is 107 cm³/mol. The van der Waals surface area contributed by atoms with E-state index in [4.69, 9.17) is 0 Å². The maximum Gasteiger partial charge on any atom is 0.227 e. The summed E-state index contributed by atoms with van der Waals surface area (Å²) in [6, 6.07) is 8.19. The van der Waals surface area contributed by atoms with Crippen molar-refractivity contribution in [3.05, 3.63) is 41.1 Å². The van der Waals surface area contributed by atoms with Gasteiger partial charge >= 0.3 is 0 Å². The van der Waals surface area contributed by atoms with E-state index in [0.29, 0.717) is 11.6 Å². The molecule has 1 N–H and O–H groups in total. The lowest BCUT2D eigenvalue weighted by atomic mass is 9.73. The van der Waals surface area contributed by atoms with Crippen LogP contribution in [0.2, 0.25) is 0 Å². The number of thioether (sulfide) groups is 2. The fourth-order valence-electron chi connectivity index (χ4n) is 3.77. The molecule has 0 saturated heterocycles. The molecule has 2 heterocycles. The maximum absolute atomic E-state index is 13.1. The summed E-state index contributed by atoms with van der Waals surface area (Å²) >= 11 is 3.22. The van der Waals surface area contributed by atoms with Crippen molar-refractivity contribution in [3.8, 4) is 0 Å². The zero-order valence-corrected chi connectivity index (χ0v) is 17.0. The molecule has 0 fully saturated rings. The molecule has 2 aromatic rings. The molecule has 26 heavy (non-hydrogen) atoms. The number of carbonyl (C=O) groups is 1. The monoisotopic (exact) mass is 386 g/mol. The molecule has 0 radical (unpaired) electrons. The summed E-state index contributed by atoms with van der Waals surface area (Å²) in [6.45, 7) is 4.29. The second-order valence-electron chi connectivity index (χ2n) is 7.50. The summed E-state index contributed by atoms with van der Waals surface area (Å²) in [5, 5.41) is 8.75. The third-order valence-electron chi connectivity index (χ3n) is 4.93. The first kappa shape index (κ1) is 17.7. The lowest BCUT2D eigenvalue weighted by Crippen LogP contribution is -2.36. The minimum atomic E-state index is -0.214. The summed E-state index contributed by atoms with van der Waals surface area (Å²) in [7, 11) is 0. The highest BCUT2D eigenvalue weighted by atomic mass is 32.2. The fraction of sp³-hybridized carbons (Fsp3) is 0.421. The van der Waals surface area contributed by atoms with Crippen LogP contribution in [0.4, 0.5) is 5.95 Å². The number of carbonyl (C=O) groups excluding carboxylic acids is 1. The van der Waals surface area contributed by atoms with Crippen molar-refractivity contribution in [1.29, 1.82) is 0 Å². The number of rotatable bonds is 3. The summed E-state index contributed by atoms with van der Waals surface area (Å²) in [5.41, 5.74) is 2.87. The number of anilines is 1. The largest absolute Gasteiger partial charge is 0.328 e. The van der Waals surface area contributed by atoms with Gasteiger partial charge in [0.2, 0.25) is 11.1 Å². The summed E-state index contributed by atoms with van der Waals surface area (Å²) < 4.78 is 1.87. The molecule has 5 nitrogen and oxygen atoms in total. The number of fused-ring (bicyclic) bond motifs is 1. The van der Waals surface area contributed by atoms with E-state index in [0.717, 1.165) is 29.2 Å². The van der Waals surface area contributed by atoms with E-state index in [1.54, 1.807) is 11.8 Å². The highest BCUT2D eigenvalue weighted by molar-refractivity contribution is 7.98. The molecule has 1 unspecified atom stereocenters. The molecule has 1 aliphatic carbocycles. The first-order valence-corrected chi connectivity index (χ1v) is 11.0. The van der Waals surface area contributed by atoms with Crippen molar-refractivity contribution in [1.82, 2.24) is 14.8 Å². The highest BCUT2D eigenvalue weighted by Gasteiger charge is 2.41. The van der Waals surface area contributed by atoms with Crippen molar-refractivity contribution >= 4 is 35.3 Å². The summed E-state index contributed by atoms with van der Waals surface area (Å²) in [4.78, 5) is 18.9. The molecule has 1 aliphatic heterocycles. The average Bonchev–Trinajstić information content (AvgIpc) is 3.01. The molecule has 4 rings (SSSR count). The standard InChI is InChI=1S/C19H22N4OS2/c1-19(2)9-13-15(14(24)10-19)16(11-5-7-12(25-3)8-6-11)23-17(20-13)21-18(22-23)26-4/h5-8,16H,9-10H2,1-4H3,(H,20,21,22). The number of allylic oxidation sites excluding steroid dienone is 2. The Morgan fingerprint density at radius 2 is 1.88 bits per heavy atom. The van der Waals surface area contributed by atoms with Gasteiger partial charge in [-0.3, -0.25) is 4.79 Å². The van der Waals surface area contributed by atoms with Crippen LogP contribution in [0.5, 0.6) is 0 Å². The van der Waals surface area contributed by atoms with Gasteiger partial charge in [-0.15, -0.1) is 16.9 Å². The topological polar surface area (TPSA) is 59.8 Å². The van der Waals surface area contributed by atoms with E-state index in [9.17, 15) is 4.79 Å². The molecule has 0 saturated carbocycles. The molecule has 0 spiro atoms. The van der Waals surface area contributed by atoms with E-state index in [1.807, 2.05) is 10.9 Å². The first-order chi connectivity index (χ1) is 12.4. The predicted octanol–water partition coefficient (Wildman–Crippen LogP) is 4.38. The first-order valence-electron chi connectivity index (χ1n) is 8.59. The van der Waals surface area contributed by atoms with Crippen molar-refractivity contribution < 1.29 is 4.79 Å². The third kappa shape index (κ3) is 2.97. The van der Waals surface area contributed by atoms with Crippen LogP contribution in [0.3, 0.4) is 0 Å². The lowest BCUT2D eigenvalue weighted by molar-refractivity contribution is -0.118. The highest BCUT2D eigenvalue weighted by Crippen LogP contribution is 2.45. The summed E-state index contributed by atoms with van der Waals surface area (Å²) in [5.74, 6) is 0.923. The molecule has 2 aliphatic rings. The van der Waals surface area contributed by atoms with Gasteiger partial charge in [0.25, 0.3) is 0 Å². The van der Waals surface area contributed by atoms with Gasteiger partial charge in [-0.25, -0.2) is 4.68 Å². The van der Waals surface area contributed by atoms with Gasteiger partial charge in [0, 0.05) is 22.6 Å². The number of nitrogens with zero attached hydrogens (tertiary/aromatic N) is 3. The minimum absolute atomic E-state index is 0.0410. The molecule has 1 atom stereocenters. The van der Waals surface area contributed by atoms with Gasteiger partial charge in [-0.2, -0.15) is 4.98 Å². The lowest BCUT2D eigenvalue weighted by Gasteiger charge is -2.38. The summed E-state index contributed by atoms with van der Waals surface area (Å²) in [6.07, 6.45) is 5.43. The number of benzene rings is 1. The van der Waals surface area contributed by atoms with Crippen LogP contribution in [0, 0.1) is 5.41 Å². The maximum atomic E-state index is 13.1. The van der Waals surface area contributed by atoms with Crippen LogP contribution in [0.25, 0.3) is 0 Å². The molecule has 136 valence electrons. The van der Waals surface area contributed by atoms with Crippen molar-refractivity contribution in [2.24, 2.45) is 5.41 Å². The normalized spacial score (nSPS) is 21.2. The quantitative estimate of drug-likeness (QED) is 0.790. The zero-order valence-electron chi connectivity index (χ0n) is 15.4. The Hall–Kier alpha value is -1.73. The number of nitrogens with one attached hydrogen (secondary N) is 1. The Labute approximate surface area is 162 Å². The number of hydrogen-bond acceptors (Lipinski definition) is 6. The number of Topliss-reactive ketones (excluding diaryl/α,β-unsaturated/α-hetero) is 1. The zero-order chi connectivity index (χ0) is 18.5. The SMILES string of the molecule is CSc1ccc(C2C3=C(CC(C)(C)CC3=O)Nc3nc(SC)nn32)cc1. The van der Waals surface area contributed by atoms with Crippen LogP contribution in [0.1, 0.15) is 38.3 Å². The average molecular weight is 387 g/mol. The second kappa shape index (κ2) is 6.46. The Morgan fingerprint density at radius 3 is 2.54 bits per heavy atom. The molecule has 1 aromatic heterocycles. The molecule has 7 heteroatoms. The van der Waals surface area contributed by atoms with Crippen LogP contribution in [0.15, 0.2) is 45.6 Å². The minimum Gasteiger partial charge on any atom is -0.328 e. The van der Waals surface area contributed by atoms with E-state index in [-0.39, 0.29) is 17.2 Å². The van der Waals surface area contributed by atoms with Crippen molar-refractivity contribution in [2.75, 3.05) is 17.8 Å². The van der Waals surface area contributed by atoms with Crippen LogP contribution < -0.4 is 5.32 Å². The Bertz CT molecular complexity index is 899. The van der Waals surface area contributed by atoms with Crippen molar-refractivity contribution in [3.63, 3.8) is 0 Å². The number of hydrogen-bond donors (Lipinski definition) is 1. The van der Waals surface area contributed by atoms with E-state index >= 15 is 0 Å². The van der Waals surface area contributed by atoms with Gasteiger partial charge < -0.3 is 5.32 Å². The molecular weight excluding hydrogens is 364 g/mol. The smallest absolute Gasteiger partial charge is 0.227 e. The molecule has 0 bridgehead atoms. The second-order valence-corrected chi connectivity index (χ2v) is 9.15.